The lowest BCUT2D eigenvalue weighted by Crippen LogP contribution is -2.40. The summed E-state index contributed by atoms with van der Waals surface area (Å²) in [7, 11) is 5.98. The first-order valence-corrected chi connectivity index (χ1v) is 41.6. The van der Waals surface area contributed by atoms with Gasteiger partial charge in [-0.05, 0) is 122 Å². The van der Waals surface area contributed by atoms with E-state index in [1.807, 2.05) is 21.1 Å². The number of aliphatic carboxylic acids is 1. The van der Waals surface area contributed by atoms with Crippen LogP contribution in [0.2, 0.25) is 0 Å². The van der Waals surface area contributed by atoms with Gasteiger partial charge in [0.1, 0.15) is 13.2 Å². The Morgan fingerprint density at radius 1 is 0.297 bits per heavy atom. The molecule has 0 aliphatic rings. The van der Waals surface area contributed by atoms with Crippen LogP contribution in [0.3, 0.4) is 0 Å². The summed E-state index contributed by atoms with van der Waals surface area (Å²) in [5, 5.41) is 9.78. The lowest BCUT2D eigenvalue weighted by Gasteiger charge is -2.25. The van der Waals surface area contributed by atoms with Crippen molar-refractivity contribution in [3.8, 4) is 0 Å². The molecule has 0 spiro atoms. The summed E-state index contributed by atoms with van der Waals surface area (Å²) in [5.41, 5.74) is 0. The molecule has 0 radical (unpaired) electrons. The van der Waals surface area contributed by atoms with E-state index in [1.165, 1.54) is 186 Å². The van der Waals surface area contributed by atoms with Crippen LogP contribution in [0.4, 0.5) is 0 Å². The maximum absolute atomic E-state index is 13.0. The number of hydrogen-bond acceptors (Lipinski definition) is 7. The number of unbranched alkanes of at least 4 members (excludes halogenated alkanes) is 35. The van der Waals surface area contributed by atoms with Crippen LogP contribution in [0, 0.1) is 0 Å². The fourth-order valence-corrected chi connectivity index (χ4v) is 11.5. The number of carboxylic acid groups (broad SMARTS) is 1. The zero-order valence-corrected chi connectivity index (χ0v) is 66.0. The molecule has 2 atom stereocenters. The van der Waals surface area contributed by atoms with Crippen molar-refractivity contribution in [1.82, 2.24) is 0 Å². The SMILES string of the molecule is CC/C=C\C/C=C\C/C=C\C/C=C\C/C=C\C/C=C\C/C=C\C/C=C\C/C=C\CCCCCCCCCC(=O)OC(COC(=O)CCCCCCCCCCCCCCCCCCCCCCCCCCCCCC/C=C\C/C=C\C/C=C\C/C=C\CC)COC(OCC[N+](C)(C)C)C(=O)O. The number of hydrogen-bond donors (Lipinski definition) is 1. The number of allylic oxidation sites excluding steroid dienone is 26. The Morgan fingerprint density at radius 2 is 0.535 bits per heavy atom. The van der Waals surface area contributed by atoms with Crippen LogP contribution in [0.1, 0.15) is 348 Å². The van der Waals surface area contributed by atoms with Gasteiger partial charge in [0, 0.05) is 12.8 Å². The molecule has 0 aliphatic carbocycles. The minimum absolute atomic E-state index is 0.180. The van der Waals surface area contributed by atoms with Crippen LogP contribution < -0.4 is 0 Å². The summed E-state index contributed by atoms with van der Waals surface area (Å²) >= 11 is 0. The first-order valence-electron chi connectivity index (χ1n) is 41.6. The van der Waals surface area contributed by atoms with Crippen molar-refractivity contribution in [2.24, 2.45) is 0 Å². The number of carbonyl (C=O) groups is 3. The Labute approximate surface area is 623 Å². The predicted octanol–water partition coefficient (Wildman–Crippen LogP) is 27.1. The van der Waals surface area contributed by atoms with E-state index < -0.39 is 24.3 Å². The molecule has 0 saturated heterocycles. The predicted molar refractivity (Wildman–Crippen MR) is 437 cm³/mol. The number of nitrogens with zero attached hydrogens (tertiary/aromatic N) is 1. The molecule has 0 fully saturated rings. The molecule has 0 rings (SSSR count). The molecule has 0 bridgehead atoms. The molecule has 0 aromatic rings. The number of rotatable bonds is 76. The Kier molecular flexibility index (Phi) is 76.5. The highest BCUT2D eigenvalue weighted by molar-refractivity contribution is 5.71. The number of esters is 2. The van der Waals surface area contributed by atoms with Gasteiger partial charge in [-0.3, -0.25) is 9.59 Å². The first kappa shape index (κ1) is 95.9. The van der Waals surface area contributed by atoms with Gasteiger partial charge in [-0.2, -0.15) is 0 Å². The van der Waals surface area contributed by atoms with Crippen LogP contribution in [0.15, 0.2) is 158 Å². The monoisotopic (exact) mass is 1400 g/mol. The zero-order chi connectivity index (χ0) is 73.2. The minimum Gasteiger partial charge on any atom is -0.477 e. The largest absolute Gasteiger partial charge is 0.477 e. The van der Waals surface area contributed by atoms with Crippen molar-refractivity contribution in [3.05, 3.63) is 158 Å². The average molecular weight is 1400 g/mol. The molecule has 0 heterocycles. The van der Waals surface area contributed by atoms with E-state index in [-0.39, 0.29) is 32.2 Å². The maximum atomic E-state index is 13.0. The molecule has 0 amide bonds. The van der Waals surface area contributed by atoms with Crippen molar-refractivity contribution in [3.63, 3.8) is 0 Å². The lowest BCUT2D eigenvalue weighted by molar-refractivity contribution is -0.870. The van der Waals surface area contributed by atoms with Crippen molar-refractivity contribution in [1.29, 1.82) is 0 Å². The molecule has 0 aromatic carbocycles. The molecule has 2 unspecified atom stereocenters. The number of quaternary nitrogens is 1. The van der Waals surface area contributed by atoms with Crippen LogP contribution in [0.25, 0.3) is 0 Å². The summed E-state index contributed by atoms with van der Waals surface area (Å²) in [6.07, 6.45) is 117. The van der Waals surface area contributed by atoms with E-state index in [0.29, 0.717) is 23.9 Å². The Bertz CT molecular complexity index is 2230. The highest BCUT2D eigenvalue weighted by Gasteiger charge is 2.25. The highest BCUT2D eigenvalue weighted by Crippen LogP contribution is 2.19. The number of carboxylic acids is 1. The van der Waals surface area contributed by atoms with Gasteiger partial charge in [0.15, 0.2) is 6.10 Å². The zero-order valence-electron chi connectivity index (χ0n) is 66.0. The normalized spacial score (nSPS) is 13.5. The van der Waals surface area contributed by atoms with E-state index in [1.54, 1.807) is 0 Å². The van der Waals surface area contributed by atoms with Gasteiger partial charge in [0.2, 0.25) is 0 Å². The van der Waals surface area contributed by atoms with Crippen LogP contribution >= 0.6 is 0 Å². The van der Waals surface area contributed by atoms with E-state index >= 15 is 0 Å². The summed E-state index contributed by atoms with van der Waals surface area (Å²) in [6, 6.07) is 0. The summed E-state index contributed by atoms with van der Waals surface area (Å²) in [5.74, 6) is -2.02. The summed E-state index contributed by atoms with van der Waals surface area (Å²) < 4.78 is 23.0. The highest BCUT2D eigenvalue weighted by atomic mass is 16.7. The van der Waals surface area contributed by atoms with Gasteiger partial charge in [-0.25, -0.2) is 4.79 Å². The lowest BCUT2D eigenvalue weighted by atomic mass is 10.0. The topological polar surface area (TPSA) is 108 Å². The molecule has 0 aromatic heterocycles. The summed E-state index contributed by atoms with van der Waals surface area (Å²) in [4.78, 5) is 37.8. The molecule has 1 N–H and O–H groups in total. The fourth-order valence-electron chi connectivity index (χ4n) is 11.5. The first-order chi connectivity index (χ1) is 49.6. The van der Waals surface area contributed by atoms with Crippen LogP contribution in [0.5, 0.6) is 0 Å². The number of carbonyl (C=O) groups excluding carboxylic acids is 2. The quantitative estimate of drug-likeness (QED) is 0.0211. The Morgan fingerprint density at radius 3 is 0.792 bits per heavy atom. The minimum atomic E-state index is -1.52. The van der Waals surface area contributed by atoms with Gasteiger partial charge in [0.25, 0.3) is 6.29 Å². The second-order valence-electron chi connectivity index (χ2n) is 28.7. The molecular weight excluding hydrogens is 1250 g/mol. The second kappa shape index (κ2) is 80.6. The van der Waals surface area contributed by atoms with Gasteiger partial charge in [-0.15, -0.1) is 0 Å². The number of ether oxygens (including phenoxy) is 4. The van der Waals surface area contributed by atoms with E-state index in [2.05, 4.69) is 172 Å². The van der Waals surface area contributed by atoms with Gasteiger partial charge in [0.05, 0.1) is 34.4 Å². The Balaban J connectivity index is 4.03. The van der Waals surface area contributed by atoms with E-state index in [0.717, 1.165) is 128 Å². The summed E-state index contributed by atoms with van der Waals surface area (Å²) in [6.45, 7) is 4.66. The van der Waals surface area contributed by atoms with Crippen molar-refractivity contribution < 1.29 is 42.9 Å². The van der Waals surface area contributed by atoms with Crippen LogP contribution in [-0.2, 0) is 33.3 Å². The maximum Gasteiger partial charge on any atom is 0.361 e. The third kappa shape index (κ3) is 82.1. The fraction of sp³-hybridized carbons (Fsp3) is 0.685. The molecule has 9 heteroatoms. The van der Waals surface area contributed by atoms with E-state index in [4.69, 9.17) is 18.9 Å². The Hall–Kier alpha value is -5.09. The van der Waals surface area contributed by atoms with Crippen molar-refractivity contribution in [2.75, 3.05) is 47.5 Å². The van der Waals surface area contributed by atoms with Gasteiger partial charge < -0.3 is 28.5 Å². The third-order valence-electron chi connectivity index (χ3n) is 17.8. The molecule has 101 heavy (non-hydrogen) atoms. The average Bonchev–Trinajstić information content (AvgIpc) is 1.25. The van der Waals surface area contributed by atoms with Crippen LogP contribution in [-0.4, -0.2) is 87.4 Å². The smallest absolute Gasteiger partial charge is 0.361 e. The van der Waals surface area contributed by atoms with Gasteiger partial charge in [-0.1, -0.05) is 371 Å². The molecule has 0 saturated carbocycles. The van der Waals surface area contributed by atoms with Crippen molar-refractivity contribution >= 4 is 17.9 Å². The third-order valence-corrected chi connectivity index (χ3v) is 17.8. The standard InChI is InChI=1S/C92H155NO8/c1-6-8-10-12-14-16-18-20-22-24-26-28-30-32-34-36-38-40-42-43-44-45-46-47-49-50-52-54-56-58-60-62-64-66-68-70-72-74-76-78-80-82-89(94)99-86-88(87-100-92(91(96)97)98-85-84-93(3,4)5)101-90(95)83-81-79-77-75-73-71-69-67-65-63-61-59-57-55-53-51-48-41-39-37-35-33-31-29-27-25-23-21-19-17-15-13-11-9-7-2/h8-11,14-17,20-23,26-29,33,35,39,41,51,53,57,59,63,65,88,92H,6-7,12-13,18-19,24-25,30-32,34,36-38,40,42-50,52,54-56,58,60-62,64,66-87H2,1-5H3/p+1/b10-8-,11-9-,16-14-,17-15-,22-20-,23-21-,28-26-,29-27-,35-33-,41-39-,53-51-,59-57-,65-63-. The molecule has 0 aliphatic heterocycles. The molecule has 9 nitrogen and oxygen atoms in total. The molecular formula is C92H156NO8+. The number of likely N-dealkylation sites (N-methyl/N-ethyl adjacent to an activating group) is 1. The van der Waals surface area contributed by atoms with Gasteiger partial charge >= 0.3 is 17.9 Å². The second-order valence-corrected chi connectivity index (χ2v) is 28.7. The van der Waals surface area contributed by atoms with Crippen molar-refractivity contribution in [2.45, 2.75) is 360 Å². The van der Waals surface area contributed by atoms with E-state index in [9.17, 15) is 19.5 Å². The molecule has 576 valence electrons.